The number of hydrogen-bond acceptors (Lipinski definition) is 5. The number of benzene rings is 1. The lowest BCUT2D eigenvalue weighted by atomic mass is 10.1. The zero-order chi connectivity index (χ0) is 14.0. The summed E-state index contributed by atoms with van der Waals surface area (Å²) in [6.07, 6.45) is 0. The van der Waals surface area contributed by atoms with Gasteiger partial charge in [-0.15, -0.1) is 0 Å². The molecule has 1 heterocycles. The van der Waals surface area contributed by atoms with Crippen molar-refractivity contribution in [3.8, 4) is 0 Å². The second-order valence-electron chi connectivity index (χ2n) is 4.18. The molecule has 1 aliphatic heterocycles. The minimum Gasteiger partial charge on any atom is -0.397 e. The van der Waals surface area contributed by atoms with E-state index >= 15 is 0 Å². The van der Waals surface area contributed by atoms with Gasteiger partial charge in [-0.3, -0.25) is 19.7 Å². The Kier molecular flexibility index (Phi) is 3.37. The predicted molar refractivity (Wildman–Crippen MR) is 69.6 cm³/mol. The maximum absolute atomic E-state index is 11.6. The highest BCUT2D eigenvalue weighted by molar-refractivity contribution is 6.04. The number of piperazine rings is 1. The fraction of sp³-hybridized carbons (Fsp3) is 0.250. The smallest absolute Gasteiger partial charge is 0.251 e. The third kappa shape index (κ3) is 2.65. The number of carbonyl (C=O) groups excluding carboxylic acids is 3. The van der Waals surface area contributed by atoms with Crippen LogP contribution in [-0.2, 0) is 9.59 Å². The van der Waals surface area contributed by atoms with Gasteiger partial charge in [-0.2, -0.15) is 0 Å². The van der Waals surface area contributed by atoms with Gasteiger partial charge in [0.15, 0.2) is 0 Å². The van der Waals surface area contributed by atoms with Crippen molar-refractivity contribution in [1.82, 2.24) is 10.6 Å². The van der Waals surface area contributed by atoms with E-state index < -0.39 is 0 Å². The zero-order valence-electron chi connectivity index (χ0n) is 10.4. The Morgan fingerprint density at radius 2 is 1.95 bits per heavy atom. The summed E-state index contributed by atoms with van der Waals surface area (Å²) in [4.78, 5) is 35.8. The number of hydrogen-bond donors (Lipinski definition) is 3. The van der Waals surface area contributed by atoms with Gasteiger partial charge >= 0.3 is 0 Å². The van der Waals surface area contributed by atoms with Crippen LogP contribution in [0.4, 0.5) is 11.4 Å². The first-order valence-corrected chi connectivity index (χ1v) is 5.70. The highest BCUT2D eigenvalue weighted by Gasteiger charge is 2.24. The van der Waals surface area contributed by atoms with Gasteiger partial charge in [-0.1, -0.05) is 0 Å². The van der Waals surface area contributed by atoms with Crippen LogP contribution in [0.25, 0.3) is 0 Å². The Morgan fingerprint density at radius 1 is 1.32 bits per heavy atom. The molecule has 3 amide bonds. The Hall–Kier alpha value is -2.57. The molecule has 100 valence electrons. The monoisotopic (exact) mass is 262 g/mol. The van der Waals surface area contributed by atoms with E-state index in [0.29, 0.717) is 16.9 Å². The summed E-state index contributed by atoms with van der Waals surface area (Å²) < 4.78 is 0. The van der Waals surface area contributed by atoms with Crippen LogP contribution in [0.5, 0.6) is 0 Å². The van der Waals surface area contributed by atoms with Gasteiger partial charge in [0.05, 0.1) is 24.5 Å². The van der Waals surface area contributed by atoms with E-state index in [0.717, 1.165) is 0 Å². The Labute approximate surface area is 109 Å². The molecule has 1 aromatic rings. The quantitative estimate of drug-likeness (QED) is 0.473. The van der Waals surface area contributed by atoms with Crippen molar-refractivity contribution in [3.05, 3.63) is 23.8 Å². The van der Waals surface area contributed by atoms with E-state index in [4.69, 9.17) is 5.73 Å². The lowest BCUT2D eigenvalue weighted by molar-refractivity contribution is -0.130. The largest absolute Gasteiger partial charge is 0.397 e. The molecule has 0 unspecified atom stereocenters. The first-order valence-electron chi connectivity index (χ1n) is 5.70. The molecule has 0 saturated carbocycles. The summed E-state index contributed by atoms with van der Waals surface area (Å²) in [6.45, 7) is 0.0697. The lowest BCUT2D eigenvalue weighted by Gasteiger charge is -2.28. The van der Waals surface area contributed by atoms with Crippen molar-refractivity contribution < 1.29 is 14.4 Å². The number of rotatable bonds is 2. The number of anilines is 2. The van der Waals surface area contributed by atoms with Gasteiger partial charge < -0.3 is 16.0 Å². The van der Waals surface area contributed by atoms with Gasteiger partial charge in [0.2, 0.25) is 11.8 Å². The Balaban J connectivity index is 2.35. The van der Waals surface area contributed by atoms with Crippen molar-refractivity contribution in [2.24, 2.45) is 0 Å². The van der Waals surface area contributed by atoms with Crippen LogP contribution in [0.1, 0.15) is 10.4 Å². The van der Waals surface area contributed by atoms with E-state index in [2.05, 4.69) is 10.6 Å². The molecule has 0 aliphatic carbocycles. The van der Waals surface area contributed by atoms with Gasteiger partial charge in [0.1, 0.15) is 0 Å². The Bertz CT molecular complexity index is 540. The molecule has 4 N–H and O–H groups in total. The lowest BCUT2D eigenvalue weighted by Crippen LogP contribution is -2.51. The van der Waals surface area contributed by atoms with Gasteiger partial charge in [-0.05, 0) is 18.2 Å². The molecule has 1 aliphatic rings. The number of nitrogens with one attached hydrogen (secondary N) is 2. The number of amides is 3. The van der Waals surface area contributed by atoms with Crippen molar-refractivity contribution in [2.45, 2.75) is 0 Å². The topological polar surface area (TPSA) is 105 Å². The molecule has 0 radical (unpaired) electrons. The molecule has 19 heavy (non-hydrogen) atoms. The van der Waals surface area contributed by atoms with Crippen molar-refractivity contribution in [3.63, 3.8) is 0 Å². The molecule has 1 saturated heterocycles. The van der Waals surface area contributed by atoms with Crippen LogP contribution in [0.3, 0.4) is 0 Å². The predicted octanol–water partition coefficient (Wildman–Crippen LogP) is -0.909. The molecule has 7 nitrogen and oxygen atoms in total. The summed E-state index contributed by atoms with van der Waals surface area (Å²) in [6, 6.07) is 4.74. The van der Waals surface area contributed by atoms with Gasteiger partial charge in [0.25, 0.3) is 5.91 Å². The van der Waals surface area contributed by atoms with E-state index in [-0.39, 0.29) is 30.8 Å². The standard InChI is InChI=1S/C12H14N4O3/c1-14-12(19)7-2-3-8(13)9(4-7)16-5-10(17)15-11(18)6-16/h2-4H,5-6,13H2,1H3,(H,14,19)(H,15,17,18). The SMILES string of the molecule is CNC(=O)c1ccc(N)c(N2CC(=O)NC(=O)C2)c1. The van der Waals surface area contributed by atoms with E-state index in [1.807, 2.05) is 0 Å². The van der Waals surface area contributed by atoms with E-state index in [1.54, 1.807) is 23.1 Å². The van der Waals surface area contributed by atoms with Crippen LogP contribution in [0, 0.1) is 0 Å². The number of carbonyl (C=O) groups is 3. The maximum Gasteiger partial charge on any atom is 0.251 e. The second kappa shape index (κ2) is 4.97. The summed E-state index contributed by atoms with van der Waals surface area (Å²) in [5.41, 5.74) is 7.17. The molecule has 2 rings (SSSR count). The van der Waals surface area contributed by atoms with Crippen LogP contribution >= 0.6 is 0 Å². The molecular weight excluding hydrogens is 248 g/mol. The average Bonchev–Trinajstić information content (AvgIpc) is 2.37. The van der Waals surface area contributed by atoms with E-state index in [9.17, 15) is 14.4 Å². The molecule has 0 aromatic heterocycles. The van der Waals surface area contributed by atoms with Crippen LogP contribution < -0.4 is 21.3 Å². The first-order chi connectivity index (χ1) is 9.01. The number of nitrogens with two attached hydrogens (primary N) is 1. The zero-order valence-corrected chi connectivity index (χ0v) is 10.4. The number of imide groups is 1. The highest BCUT2D eigenvalue weighted by Crippen LogP contribution is 2.25. The fourth-order valence-electron chi connectivity index (χ4n) is 1.91. The molecule has 1 fully saturated rings. The normalized spacial score (nSPS) is 15.1. The van der Waals surface area contributed by atoms with Gasteiger partial charge in [0, 0.05) is 12.6 Å². The summed E-state index contributed by atoms with van der Waals surface area (Å²) >= 11 is 0. The first kappa shape index (κ1) is 12.9. The van der Waals surface area contributed by atoms with Gasteiger partial charge in [-0.25, -0.2) is 0 Å². The van der Waals surface area contributed by atoms with Crippen molar-refractivity contribution in [2.75, 3.05) is 30.8 Å². The molecule has 0 bridgehead atoms. The molecule has 1 aromatic carbocycles. The van der Waals surface area contributed by atoms with E-state index in [1.165, 1.54) is 7.05 Å². The average molecular weight is 262 g/mol. The maximum atomic E-state index is 11.6. The van der Waals surface area contributed by atoms with Crippen LogP contribution in [0.15, 0.2) is 18.2 Å². The summed E-state index contributed by atoms with van der Waals surface area (Å²) in [5.74, 6) is -1.03. The van der Waals surface area contributed by atoms with Crippen molar-refractivity contribution in [1.29, 1.82) is 0 Å². The molecule has 0 spiro atoms. The number of nitrogen functional groups attached to an aromatic ring is 1. The Morgan fingerprint density at radius 3 is 2.53 bits per heavy atom. The minimum absolute atomic E-state index is 0.0349. The summed E-state index contributed by atoms with van der Waals surface area (Å²) in [7, 11) is 1.52. The third-order valence-corrected chi connectivity index (χ3v) is 2.81. The minimum atomic E-state index is -0.388. The van der Waals surface area contributed by atoms with Crippen molar-refractivity contribution >= 4 is 29.1 Å². The third-order valence-electron chi connectivity index (χ3n) is 2.81. The second-order valence-corrected chi connectivity index (χ2v) is 4.18. The van der Waals surface area contributed by atoms with Crippen LogP contribution in [-0.4, -0.2) is 37.9 Å². The fourth-order valence-corrected chi connectivity index (χ4v) is 1.91. The van der Waals surface area contributed by atoms with Crippen LogP contribution in [0.2, 0.25) is 0 Å². The summed E-state index contributed by atoms with van der Waals surface area (Å²) in [5, 5.41) is 4.71. The molecule has 0 atom stereocenters. The number of nitrogens with zero attached hydrogens (tertiary/aromatic N) is 1. The molecule has 7 heteroatoms. The highest BCUT2D eigenvalue weighted by atomic mass is 16.2. The molecular formula is C12H14N4O3.